The van der Waals surface area contributed by atoms with Crippen LogP contribution in [0.5, 0.6) is 0 Å². The fourth-order valence-electron chi connectivity index (χ4n) is 2.16. The maximum Gasteiger partial charge on any atom is 0.305 e. The summed E-state index contributed by atoms with van der Waals surface area (Å²) in [4.78, 5) is 10.9. The van der Waals surface area contributed by atoms with Gasteiger partial charge in [0.05, 0.1) is 7.11 Å². The maximum absolute atomic E-state index is 10.9. The first kappa shape index (κ1) is 19.9. The molecular formula is C19H34O2. The van der Waals surface area contributed by atoms with Crippen LogP contribution in [0.15, 0.2) is 24.3 Å². The van der Waals surface area contributed by atoms with Crippen molar-refractivity contribution in [2.24, 2.45) is 0 Å². The predicted molar refractivity (Wildman–Crippen MR) is 91.4 cm³/mol. The highest BCUT2D eigenvalue weighted by molar-refractivity contribution is 5.69. The molecule has 0 radical (unpaired) electrons. The highest BCUT2D eigenvalue weighted by atomic mass is 16.5. The monoisotopic (exact) mass is 294 g/mol. The predicted octanol–water partition coefficient (Wildman–Crippen LogP) is 5.97. The first-order chi connectivity index (χ1) is 10.3. The van der Waals surface area contributed by atoms with E-state index in [4.69, 9.17) is 0 Å². The van der Waals surface area contributed by atoms with Crippen molar-refractivity contribution in [3.63, 3.8) is 0 Å². The molecule has 0 spiro atoms. The van der Waals surface area contributed by atoms with E-state index in [1.54, 1.807) is 0 Å². The lowest BCUT2D eigenvalue weighted by Gasteiger charge is -1.97. The van der Waals surface area contributed by atoms with Gasteiger partial charge in [-0.05, 0) is 44.9 Å². The molecular weight excluding hydrogens is 260 g/mol. The topological polar surface area (TPSA) is 26.3 Å². The molecule has 0 amide bonds. The Kier molecular flexibility index (Phi) is 16.2. The molecule has 0 saturated carbocycles. The molecule has 0 atom stereocenters. The maximum atomic E-state index is 10.9. The van der Waals surface area contributed by atoms with Crippen molar-refractivity contribution in [1.82, 2.24) is 0 Å². The summed E-state index contributed by atoms with van der Waals surface area (Å²) < 4.78 is 4.59. The molecule has 0 fully saturated rings. The van der Waals surface area contributed by atoms with E-state index in [2.05, 4.69) is 36.0 Å². The molecule has 0 bridgehead atoms. The molecule has 0 unspecified atom stereocenters. The van der Waals surface area contributed by atoms with Crippen LogP contribution in [0.4, 0.5) is 0 Å². The molecule has 0 rings (SSSR count). The van der Waals surface area contributed by atoms with Gasteiger partial charge in [-0.15, -0.1) is 0 Å². The number of hydrogen-bond donors (Lipinski definition) is 0. The largest absolute Gasteiger partial charge is 0.469 e. The van der Waals surface area contributed by atoms with Crippen molar-refractivity contribution in [2.45, 2.75) is 84.0 Å². The van der Waals surface area contributed by atoms with Gasteiger partial charge in [0, 0.05) is 6.42 Å². The number of carbonyl (C=O) groups excluding carboxylic acids is 1. The van der Waals surface area contributed by atoms with E-state index >= 15 is 0 Å². The van der Waals surface area contributed by atoms with Gasteiger partial charge in [-0.25, -0.2) is 0 Å². The third kappa shape index (κ3) is 16.9. The Morgan fingerprint density at radius 1 is 0.762 bits per heavy atom. The van der Waals surface area contributed by atoms with Crippen LogP contribution in [0.1, 0.15) is 84.0 Å². The second-order valence-corrected chi connectivity index (χ2v) is 5.54. The molecule has 0 aromatic rings. The van der Waals surface area contributed by atoms with Crippen LogP contribution in [-0.2, 0) is 9.53 Å². The molecule has 0 aliphatic rings. The van der Waals surface area contributed by atoms with Gasteiger partial charge in [0.25, 0.3) is 0 Å². The zero-order valence-electron chi connectivity index (χ0n) is 14.1. The molecule has 0 saturated heterocycles. The van der Waals surface area contributed by atoms with Crippen LogP contribution in [-0.4, -0.2) is 13.1 Å². The molecule has 0 heterocycles. The van der Waals surface area contributed by atoms with Crippen LogP contribution in [0.2, 0.25) is 0 Å². The Morgan fingerprint density at radius 3 is 1.71 bits per heavy atom. The van der Waals surface area contributed by atoms with Gasteiger partial charge in [-0.1, -0.05) is 56.9 Å². The standard InChI is InChI=1S/C19H34O2/c1-3-4-5-6-7-8-9-10-11-12-13-14-15-16-17-18-19(20)21-2/h7-8,15-16H,3-6,9-14,17-18H2,1-2H3/b8-7+,16-15+. The quantitative estimate of drug-likeness (QED) is 0.224. The SMILES string of the molecule is CCCCC/C=C/CCCCCC/C=C/CCC(=O)OC. The van der Waals surface area contributed by atoms with Crippen LogP contribution < -0.4 is 0 Å². The summed E-state index contributed by atoms with van der Waals surface area (Å²) in [6, 6.07) is 0. The van der Waals surface area contributed by atoms with Gasteiger partial charge < -0.3 is 4.74 Å². The van der Waals surface area contributed by atoms with Crippen LogP contribution in [0.3, 0.4) is 0 Å². The van der Waals surface area contributed by atoms with E-state index < -0.39 is 0 Å². The average molecular weight is 294 g/mol. The molecule has 2 nitrogen and oxygen atoms in total. The van der Waals surface area contributed by atoms with Crippen molar-refractivity contribution >= 4 is 5.97 Å². The Balaban J connectivity index is 3.18. The lowest BCUT2D eigenvalue weighted by atomic mass is 10.1. The van der Waals surface area contributed by atoms with Crippen LogP contribution in [0.25, 0.3) is 0 Å². The van der Waals surface area contributed by atoms with Gasteiger partial charge in [0.15, 0.2) is 0 Å². The van der Waals surface area contributed by atoms with E-state index in [0.717, 1.165) is 12.8 Å². The lowest BCUT2D eigenvalue weighted by molar-refractivity contribution is -0.140. The molecule has 122 valence electrons. The number of ether oxygens (including phenoxy) is 1. The van der Waals surface area contributed by atoms with Gasteiger partial charge in [-0.3, -0.25) is 4.79 Å². The van der Waals surface area contributed by atoms with E-state index in [1.807, 2.05) is 0 Å². The summed E-state index contributed by atoms with van der Waals surface area (Å²) in [5.74, 6) is -0.123. The summed E-state index contributed by atoms with van der Waals surface area (Å²) in [7, 11) is 1.44. The summed E-state index contributed by atoms with van der Waals surface area (Å²) in [5.41, 5.74) is 0. The van der Waals surface area contributed by atoms with Crippen molar-refractivity contribution < 1.29 is 9.53 Å². The Morgan fingerprint density at radius 2 is 1.24 bits per heavy atom. The Hall–Kier alpha value is -1.05. The number of allylic oxidation sites excluding steroid dienone is 4. The second-order valence-electron chi connectivity index (χ2n) is 5.54. The third-order valence-electron chi connectivity index (χ3n) is 3.54. The minimum Gasteiger partial charge on any atom is -0.469 e. The number of carbonyl (C=O) groups is 1. The zero-order valence-corrected chi connectivity index (χ0v) is 14.1. The molecule has 0 N–H and O–H groups in total. The van der Waals surface area contributed by atoms with Crippen molar-refractivity contribution in [3.05, 3.63) is 24.3 Å². The number of methoxy groups -OCH3 is 1. The normalized spacial score (nSPS) is 11.5. The van der Waals surface area contributed by atoms with Crippen molar-refractivity contribution in [3.8, 4) is 0 Å². The minimum absolute atomic E-state index is 0.123. The summed E-state index contributed by atoms with van der Waals surface area (Å²) in [6.07, 6.45) is 23.1. The first-order valence-corrected chi connectivity index (χ1v) is 8.68. The second kappa shape index (κ2) is 17.0. The van der Waals surface area contributed by atoms with Gasteiger partial charge >= 0.3 is 5.97 Å². The first-order valence-electron chi connectivity index (χ1n) is 8.68. The third-order valence-corrected chi connectivity index (χ3v) is 3.54. The van der Waals surface area contributed by atoms with Gasteiger partial charge in [0.2, 0.25) is 0 Å². The number of hydrogen-bond acceptors (Lipinski definition) is 2. The van der Waals surface area contributed by atoms with Crippen LogP contribution >= 0.6 is 0 Å². The fraction of sp³-hybridized carbons (Fsp3) is 0.737. The molecule has 21 heavy (non-hydrogen) atoms. The highest BCUT2D eigenvalue weighted by Gasteiger charge is 1.95. The molecule has 0 aliphatic carbocycles. The molecule has 0 aromatic heterocycles. The van der Waals surface area contributed by atoms with Crippen molar-refractivity contribution in [1.29, 1.82) is 0 Å². The van der Waals surface area contributed by atoms with E-state index in [0.29, 0.717) is 6.42 Å². The smallest absolute Gasteiger partial charge is 0.305 e. The number of rotatable bonds is 14. The molecule has 2 heteroatoms. The lowest BCUT2D eigenvalue weighted by Crippen LogP contribution is -1.97. The average Bonchev–Trinajstić information content (AvgIpc) is 2.50. The van der Waals surface area contributed by atoms with E-state index in [-0.39, 0.29) is 5.97 Å². The summed E-state index contributed by atoms with van der Waals surface area (Å²) in [6.45, 7) is 2.25. The van der Waals surface area contributed by atoms with Gasteiger partial charge in [0.1, 0.15) is 0 Å². The summed E-state index contributed by atoms with van der Waals surface area (Å²) in [5, 5.41) is 0. The molecule has 0 aliphatic heterocycles. The van der Waals surface area contributed by atoms with E-state index in [9.17, 15) is 4.79 Å². The number of esters is 1. The minimum atomic E-state index is -0.123. The van der Waals surface area contributed by atoms with Crippen molar-refractivity contribution in [2.75, 3.05) is 7.11 Å². The van der Waals surface area contributed by atoms with E-state index in [1.165, 1.54) is 64.9 Å². The molecule has 0 aromatic carbocycles. The Labute approximate surface area is 131 Å². The van der Waals surface area contributed by atoms with Crippen LogP contribution in [0, 0.1) is 0 Å². The Bertz CT molecular complexity index is 279. The highest BCUT2D eigenvalue weighted by Crippen LogP contribution is 2.08. The fourth-order valence-corrected chi connectivity index (χ4v) is 2.16. The van der Waals surface area contributed by atoms with Gasteiger partial charge in [-0.2, -0.15) is 0 Å². The summed E-state index contributed by atoms with van der Waals surface area (Å²) >= 11 is 0. The number of unbranched alkanes of at least 4 members (excludes halogenated alkanes) is 8. The zero-order chi connectivity index (χ0) is 15.6.